The summed E-state index contributed by atoms with van der Waals surface area (Å²) in [5.74, 6) is 1.07. The van der Waals surface area contributed by atoms with Gasteiger partial charge < -0.3 is 9.15 Å². The molecule has 0 N–H and O–H groups in total. The smallest absolute Gasteiger partial charge is 0.337 e. The molecule has 4 aliphatic carbocycles. The first-order valence-electron chi connectivity index (χ1n) is 10.5. The number of hydrogen-bond acceptors (Lipinski definition) is 6. The second-order valence-corrected chi connectivity index (χ2v) is 8.66. The average molecular weight is 416 g/mol. The Morgan fingerprint density at radius 2 is 1.81 bits per heavy atom. The Balaban J connectivity index is 1.22. The maximum atomic E-state index is 13.0. The fourth-order valence-electron chi connectivity index (χ4n) is 5.66. The molecule has 7 rings (SSSR count). The molecule has 2 saturated carbocycles. The number of benzene rings is 1. The third-order valence-corrected chi connectivity index (χ3v) is 7.13. The van der Waals surface area contributed by atoms with E-state index < -0.39 is 5.97 Å². The highest BCUT2D eigenvalue weighted by atomic mass is 16.5. The summed E-state index contributed by atoms with van der Waals surface area (Å²) in [7, 11) is 1.33. The van der Waals surface area contributed by atoms with Crippen LogP contribution in [0.15, 0.2) is 58.1 Å². The van der Waals surface area contributed by atoms with E-state index in [9.17, 15) is 14.4 Å². The van der Waals surface area contributed by atoms with E-state index in [4.69, 9.17) is 9.15 Å². The van der Waals surface area contributed by atoms with Crippen molar-refractivity contribution in [1.29, 1.82) is 0 Å². The lowest BCUT2D eigenvalue weighted by atomic mass is 9.63. The topological polar surface area (TPSA) is 89.2 Å². The molecule has 31 heavy (non-hydrogen) atoms. The lowest BCUT2D eigenvalue weighted by Crippen LogP contribution is -2.40. The first-order valence-corrected chi connectivity index (χ1v) is 10.5. The quantitative estimate of drug-likeness (QED) is 0.331. The molecule has 7 nitrogen and oxygen atoms in total. The van der Waals surface area contributed by atoms with Gasteiger partial charge in [-0.2, -0.15) is 10.1 Å². The van der Waals surface area contributed by atoms with Gasteiger partial charge in [0.2, 0.25) is 0 Å². The van der Waals surface area contributed by atoms with E-state index in [1.54, 1.807) is 30.3 Å². The van der Waals surface area contributed by atoms with E-state index in [1.165, 1.54) is 13.3 Å². The predicted molar refractivity (Wildman–Crippen MR) is 110 cm³/mol. The molecular weight excluding hydrogens is 396 g/mol. The molecule has 1 aromatic carbocycles. The highest BCUT2D eigenvalue weighted by Crippen LogP contribution is 2.65. The van der Waals surface area contributed by atoms with Crippen LogP contribution in [0.1, 0.15) is 22.5 Å². The molecule has 156 valence electrons. The second kappa shape index (κ2) is 6.51. The highest BCUT2D eigenvalue weighted by molar-refractivity contribution is 6.06. The standard InChI is InChI=1S/C24H20N2O5/c1-30-24(29)13-4-2-3-12(9-13)19-8-5-14(31-19)11-25-26-22(27)20-15-6-7-16(18-10-17(15)18)21(20)23(26)28/h2-9,11,15-18,20-21H,10H2,1H3/b25-11-/t15-,16-,17-,18-,20-,21+/m1/s1. The summed E-state index contributed by atoms with van der Waals surface area (Å²) in [6.07, 6.45) is 6.81. The van der Waals surface area contributed by atoms with Crippen LogP contribution in [0.3, 0.4) is 0 Å². The molecule has 5 aliphatic rings. The van der Waals surface area contributed by atoms with Crippen molar-refractivity contribution in [3.8, 4) is 11.3 Å². The van der Waals surface area contributed by atoms with Crippen LogP contribution in [0, 0.1) is 35.5 Å². The number of rotatable bonds is 4. The fraction of sp³-hybridized carbons (Fsp3) is 0.333. The zero-order valence-electron chi connectivity index (χ0n) is 16.8. The van der Waals surface area contributed by atoms with Crippen molar-refractivity contribution >= 4 is 24.0 Å². The molecule has 1 aliphatic heterocycles. The van der Waals surface area contributed by atoms with Crippen LogP contribution in [0.2, 0.25) is 0 Å². The number of ether oxygens (including phenoxy) is 1. The number of imide groups is 1. The van der Waals surface area contributed by atoms with Crippen LogP contribution >= 0.6 is 0 Å². The zero-order chi connectivity index (χ0) is 21.3. The molecule has 7 heteroatoms. The average Bonchev–Trinajstić information content (AvgIpc) is 3.44. The summed E-state index contributed by atoms with van der Waals surface area (Å²) in [6.45, 7) is 0. The van der Waals surface area contributed by atoms with Crippen LogP contribution in [-0.2, 0) is 14.3 Å². The summed E-state index contributed by atoms with van der Waals surface area (Å²) in [4.78, 5) is 37.7. The molecule has 0 radical (unpaired) electrons. The number of methoxy groups -OCH3 is 1. The van der Waals surface area contributed by atoms with Gasteiger partial charge in [-0.15, -0.1) is 0 Å². The largest absolute Gasteiger partial charge is 0.465 e. The molecule has 2 amide bonds. The first kappa shape index (κ1) is 18.3. The number of hydrogen-bond donors (Lipinski definition) is 0. The number of carbonyl (C=O) groups is 3. The minimum absolute atomic E-state index is 0.175. The van der Waals surface area contributed by atoms with E-state index in [-0.39, 0.29) is 35.5 Å². The summed E-state index contributed by atoms with van der Waals surface area (Å²) < 4.78 is 10.6. The zero-order valence-corrected chi connectivity index (χ0v) is 16.8. The minimum atomic E-state index is -0.427. The van der Waals surface area contributed by atoms with E-state index in [0.717, 1.165) is 11.4 Å². The van der Waals surface area contributed by atoms with Gasteiger partial charge in [0.15, 0.2) is 0 Å². The Morgan fingerprint density at radius 1 is 1.10 bits per heavy atom. The van der Waals surface area contributed by atoms with E-state index >= 15 is 0 Å². The first-order chi connectivity index (χ1) is 15.1. The Hall–Kier alpha value is -3.48. The molecule has 2 heterocycles. The number of hydrazone groups is 1. The van der Waals surface area contributed by atoms with Gasteiger partial charge in [-0.25, -0.2) is 4.79 Å². The van der Waals surface area contributed by atoms with Gasteiger partial charge in [0, 0.05) is 5.56 Å². The second-order valence-electron chi connectivity index (χ2n) is 8.66. The molecule has 1 saturated heterocycles. The van der Waals surface area contributed by atoms with Gasteiger partial charge in [-0.1, -0.05) is 24.3 Å². The molecule has 2 bridgehead atoms. The summed E-state index contributed by atoms with van der Waals surface area (Å²) in [5, 5.41) is 5.23. The molecule has 0 unspecified atom stereocenters. The maximum Gasteiger partial charge on any atom is 0.337 e. The van der Waals surface area contributed by atoms with Crippen LogP contribution < -0.4 is 0 Å². The Kier molecular flexibility index (Phi) is 3.84. The number of furan rings is 1. The van der Waals surface area contributed by atoms with Crippen molar-refractivity contribution in [3.63, 3.8) is 0 Å². The number of carbonyl (C=O) groups excluding carboxylic acids is 3. The Morgan fingerprint density at radius 3 is 2.48 bits per heavy atom. The van der Waals surface area contributed by atoms with Crippen LogP contribution in [0.4, 0.5) is 0 Å². The number of amides is 2. The molecule has 0 spiro atoms. The minimum Gasteiger partial charge on any atom is -0.465 e. The fourth-order valence-corrected chi connectivity index (χ4v) is 5.66. The molecule has 1 aromatic heterocycles. The van der Waals surface area contributed by atoms with Crippen molar-refractivity contribution in [2.45, 2.75) is 6.42 Å². The van der Waals surface area contributed by atoms with Crippen molar-refractivity contribution in [2.24, 2.45) is 40.6 Å². The van der Waals surface area contributed by atoms with E-state index in [0.29, 0.717) is 34.5 Å². The van der Waals surface area contributed by atoms with Crippen LogP contribution in [-0.4, -0.2) is 36.1 Å². The lowest BCUT2D eigenvalue weighted by Gasteiger charge is -2.37. The third kappa shape index (κ3) is 2.65. The third-order valence-electron chi connectivity index (χ3n) is 7.13. The predicted octanol–water partition coefficient (Wildman–Crippen LogP) is 3.12. The highest BCUT2D eigenvalue weighted by Gasteiger charge is 2.67. The van der Waals surface area contributed by atoms with Crippen molar-refractivity contribution in [1.82, 2.24) is 5.01 Å². The van der Waals surface area contributed by atoms with Crippen molar-refractivity contribution in [2.75, 3.05) is 7.11 Å². The Labute approximate surface area is 178 Å². The summed E-state index contributed by atoms with van der Waals surface area (Å²) >= 11 is 0. The maximum absolute atomic E-state index is 13.0. The van der Waals surface area contributed by atoms with E-state index in [1.807, 2.05) is 6.07 Å². The normalized spacial score (nSPS) is 32.5. The number of nitrogens with zero attached hydrogens (tertiary/aromatic N) is 2. The van der Waals surface area contributed by atoms with Gasteiger partial charge in [0.1, 0.15) is 11.5 Å². The molecule has 3 fully saturated rings. The van der Waals surface area contributed by atoms with Gasteiger partial charge in [-0.3, -0.25) is 9.59 Å². The van der Waals surface area contributed by atoms with Gasteiger partial charge in [-0.05, 0) is 54.4 Å². The summed E-state index contributed by atoms with van der Waals surface area (Å²) in [5.41, 5.74) is 1.13. The van der Waals surface area contributed by atoms with Crippen LogP contribution in [0.25, 0.3) is 11.3 Å². The molecular formula is C24H20N2O5. The van der Waals surface area contributed by atoms with Crippen LogP contribution in [0.5, 0.6) is 0 Å². The monoisotopic (exact) mass is 416 g/mol. The number of allylic oxidation sites excluding steroid dienone is 2. The van der Waals surface area contributed by atoms with Gasteiger partial charge in [0.05, 0.1) is 30.7 Å². The lowest BCUT2D eigenvalue weighted by molar-refractivity contribution is -0.140. The van der Waals surface area contributed by atoms with Gasteiger partial charge >= 0.3 is 5.97 Å². The van der Waals surface area contributed by atoms with Gasteiger partial charge in [0.25, 0.3) is 11.8 Å². The number of esters is 1. The molecule has 2 aromatic rings. The SMILES string of the molecule is COC(=O)c1cccc(-c2ccc(/C=N\N3C(=O)[C@@H]4[C@@H]5C=C[C@H]([C@H]6C[C@H]56)[C@@H]4C3=O)o2)c1. The molecule has 6 atom stereocenters. The van der Waals surface area contributed by atoms with E-state index in [2.05, 4.69) is 17.3 Å². The summed E-state index contributed by atoms with van der Waals surface area (Å²) in [6, 6.07) is 10.4. The Bertz CT molecular complexity index is 1140. The van der Waals surface area contributed by atoms with Crippen molar-refractivity contribution < 1.29 is 23.5 Å². The van der Waals surface area contributed by atoms with Crippen molar-refractivity contribution in [3.05, 3.63) is 59.9 Å².